The van der Waals surface area contributed by atoms with Gasteiger partial charge in [0, 0.05) is 37.6 Å². The summed E-state index contributed by atoms with van der Waals surface area (Å²) in [6.07, 6.45) is 4.77. The number of nitrogens with one attached hydrogen (secondary N) is 1. The number of fused-ring (bicyclic) bond motifs is 1. The fourth-order valence-corrected chi connectivity index (χ4v) is 4.57. The van der Waals surface area contributed by atoms with Crippen molar-refractivity contribution in [2.75, 3.05) is 23.3 Å². The second kappa shape index (κ2) is 10.6. The van der Waals surface area contributed by atoms with E-state index in [1.165, 1.54) is 11.0 Å². The predicted octanol–water partition coefficient (Wildman–Crippen LogP) is 5.10. The van der Waals surface area contributed by atoms with Crippen molar-refractivity contribution in [3.05, 3.63) is 45.8 Å². The van der Waals surface area contributed by atoms with Gasteiger partial charge in [-0.05, 0) is 49.9 Å². The average Bonchev–Trinajstić information content (AvgIpc) is 2.87. The van der Waals surface area contributed by atoms with Gasteiger partial charge < -0.3 is 19.5 Å². The quantitative estimate of drug-likeness (QED) is 0.463. The Kier molecular flexibility index (Phi) is 7.60. The van der Waals surface area contributed by atoms with Crippen molar-refractivity contribution in [1.29, 1.82) is 0 Å². The first-order valence-electron chi connectivity index (χ1n) is 12.2. The van der Waals surface area contributed by atoms with E-state index in [4.69, 9.17) is 21.3 Å². The molecular formula is C26H32ClN5O3. The zero-order valence-corrected chi connectivity index (χ0v) is 21.4. The molecule has 3 heterocycles. The van der Waals surface area contributed by atoms with Crippen LogP contribution in [0, 0.1) is 5.92 Å². The van der Waals surface area contributed by atoms with Crippen LogP contribution in [0.3, 0.4) is 0 Å². The van der Waals surface area contributed by atoms with Crippen LogP contribution in [0.25, 0.3) is 10.9 Å². The van der Waals surface area contributed by atoms with Gasteiger partial charge in [-0.1, -0.05) is 31.9 Å². The number of hydrogen-bond donors (Lipinski definition) is 1. The molecule has 2 aromatic heterocycles. The number of aromatic nitrogens is 3. The molecule has 1 N–H and O–H groups in total. The van der Waals surface area contributed by atoms with E-state index in [2.05, 4.69) is 22.1 Å². The Bertz CT molecular complexity index is 1280. The van der Waals surface area contributed by atoms with Gasteiger partial charge in [0.15, 0.2) is 23.5 Å². The third-order valence-electron chi connectivity index (χ3n) is 6.77. The first-order valence-corrected chi connectivity index (χ1v) is 12.6. The van der Waals surface area contributed by atoms with E-state index < -0.39 is 6.10 Å². The summed E-state index contributed by atoms with van der Waals surface area (Å²) in [5, 5.41) is 4.51. The number of rotatable bonds is 8. The van der Waals surface area contributed by atoms with Crippen LogP contribution in [0.4, 0.5) is 17.5 Å². The van der Waals surface area contributed by atoms with Crippen LogP contribution in [0.5, 0.6) is 5.75 Å². The number of anilines is 3. The predicted molar refractivity (Wildman–Crippen MR) is 140 cm³/mol. The van der Waals surface area contributed by atoms with Gasteiger partial charge >= 0.3 is 0 Å². The van der Waals surface area contributed by atoms with Crippen LogP contribution in [-0.4, -0.2) is 39.5 Å². The molecule has 1 fully saturated rings. The normalized spacial score (nSPS) is 15.3. The number of ketones is 1. The highest BCUT2D eigenvalue weighted by atomic mass is 35.5. The molecule has 1 aromatic carbocycles. The number of ether oxygens (including phenoxy) is 1. The van der Waals surface area contributed by atoms with E-state index in [-0.39, 0.29) is 17.1 Å². The number of benzene rings is 1. The third kappa shape index (κ3) is 5.42. The minimum Gasteiger partial charge on any atom is -0.477 e. The topological polar surface area (TPSA) is 89.3 Å². The van der Waals surface area contributed by atoms with Crippen LogP contribution < -0.4 is 20.5 Å². The minimum absolute atomic E-state index is 0.0595. The smallest absolute Gasteiger partial charge is 0.293 e. The van der Waals surface area contributed by atoms with Crippen molar-refractivity contribution < 1.29 is 9.53 Å². The second-order valence-electron chi connectivity index (χ2n) is 9.06. The number of nitrogens with zero attached hydrogens (tertiary/aromatic N) is 4. The Morgan fingerprint density at radius 1 is 1.26 bits per heavy atom. The number of hydrogen-bond acceptors (Lipinski definition) is 7. The van der Waals surface area contributed by atoms with E-state index in [0.29, 0.717) is 23.2 Å². The van der Waals surface area contributed by atoms with Crippen LogP contribution in [0.2, 0.25) is 5.02 Å². The van der Waals surface area contributed by atoms with Crippen molar-refractivity contribution >= 4 is 45.7 Å². The minimum atomic E-state index is -0.688. The highest BCUT2D eigenvalue weighted by Gasteiger charge is 2.21. The Morgan fingerprint density at radius 3 is 2.69 bits per heavy atom. The molecule has 0 aliphatic carbocycles. The molecule has 0 radical (unpaired) electrons. The lowest BCUT2D eigenvalue weighted by atomic mass is 9.95. The maximum absolute atomic E-state index is 12.7. The van der Waals surface area contributed by atoms with Gasteiger partial charge in [0.2, 0.25) is 5.95 Å². The van der Waals surface area contributed by atoms with Gasteiger partial charge in [-0.25, -0.2) is 4.98 Å². The number of halogens is 1. The molecule has 9 heteroatoms. The first-order chi connectivity index (χ1) is 16.8. The molecule has 35 heavy (non-hydrogen) atoms. The largest absolute Gasteiger partial charge is 0.477 e. The maximum atomic E-state index is 12.7. The number of aryl methyl sites for hydroxylation is 1. The summed E-state index contributed by atoms with van der Waals surface area (Å²) in [5.74, 6) is 2.04. The number of piperidine rings is 1. The van der Waals surface area contributed by atoms with Crippen LogP contribution in [-0.2, 0) is 11.8 Å². The number of pyridine rings is 1. The van der Waals surface area contributed by atoms with Crippen molar-refractivity contribution in [2.24, 2.45) is 13.0 Å². The van der Waals surface area contributed by atoms with Crippen LogP contribution in [0.1, 0.15) is 46.5 Å². The lowest BCUT2D eigenvalue weighted by Crippen LogP contribution is -2.34. The zero-order chi connectivity index (χ0) is 25.1. The molecule has 1 aliphatic heterocycles. The second-order valence-corrected chi connectivity index (χ2v) is 9.46. The summed E-state index contributed by atoms with van der Waals surface area (Å²) in [7, 11) is 1.69. The van der Waals surface area contributed by atoms with Gasteiger partial charge in [0.25, 0.3) is 5.56 Å². The van der Waals surface area contributed by atoms with Crippen LogP contribution in [0.15, 0.2) is 35.3 Å². The number of carbonyl (C=O) groups excluding carboxylic acids is 1. The third-order valence-corrected chi connectivity index (χ3v) is 7.04. The molecule has 0 bridgehead atoms. The van der Waals surface area contributed by atoms with E-state index in [0.717, 1.165) is 48.4 Å². The summed E-state index contributed by atoms with van der Waals surface area (Å²) in [6.45, 7) is 7.54. The number of carbonyl (C=O) groups is 1. The fraction of sp³-hybridized carbons (Fsp3) is 0.462. The molecule has 0 amide bonds. The van der Waals surface area contributed by atoms with Gasteiger partial charge in [-0.15, -0.1) is 0 Å². The summed E-state index contributed by atoms with van der Waals surface area (Å²) in [5.41, 5.74) is 1.22. The molecule has 3 aromatic rings. The van der Waals surface area contributed by atoms with Crippen molar-refractivity contribution in [3.63, 3.8) is 0 Å². The summed E-state index contributed by atoms with van der Waals surface area (Å²) in [4.78, 5) is 36.1. The van der Waals surface area contributed by atoms with E-state index in [9.17, 15) is 9.59 Å². The van der Waals surface area contributed by atoms with E-state index >= 15 is 0 Å². The molecule has 0 saturated carbocycles. The lowest BCUT2D eigenvalue weighted by Gasteiger charge is -2.31. The summed E-state index contributed by atoms with van der Waals surface area (Å²) in [6, 6.07) is 7.30. The molecule has 8 nitrogen and oxygen atoms in total. The van der Waals surface area contributed by atoms with Crippen molar-refractivity contribution in [3.8, 4) is 5.75 Å². The summed E-state index contributed by atoms with van der Waals surface area (Å²) < 4.78 is 7.23. The first kappa shape index (κ1) is 25.0. The van der Waals surface area contributed by atoms with Crippen molar-refractivity contribution in [2.45, 2.75) is 52.6 Å². The SMILES string of the molecule is CCC(=O)C(C)Oc1cc2cc(Nc3nc(N4CCC(CC)CC4)ncc3Cl)ccc2n(C)c1=O. The molecule has 1 saturated heterocycles. The Morgan fingerprint density at radius 2 is 2.00 bits per heavy atom. The number of Topliss-reactive ketones (excluding diaryl/α,β-unsaturated/α-hetero) is 1. The standard InChI is InChI=1S/C26H32ClN5O3/c1-5-17-9-11-32(12-10-17)26-28-15-20(27)24(30-26)29-19-7-8-21-18(13-19)14-23(25(34)31(21)4)35-16(3)22(33)6-2/h7-8,13-17H,5-6,9-12H2,1-4H3,(H,28,29,30). The zero-order valence-electron chi connectivity index (χ0n) is 20.7. The Labute approximate surface area is 210 Å². The molecule has 1 unspecified atom stereocenters. The maximum Gasteiger partial charge on any atom is 0.293 e. The van der Waals surface area contributed by atoms with Crippen molar-refractivity contribution in [1.82, 2.24) is 14.5 Å². The molecule has 0 spiro atoms. The Balaban J connectivity index is 1.60. The Hall–Kier alpha value is -3.13. The molecule has 4 rings (SSSR count). The van der Waals surface area contributed by atoms with E-state index in [1.54, 1.807) is 33.2 Å². The van der Waals surface area contributed by atoms with Gasteiger partial charge in [-0.3, -0.25) is 9.59 Å². The molecular weight excluding hydrogens is 466 g/mol. The monoisotopic (exact) mass is 497 g/mol. The average molecular weight is 498 g/mol. The fourth-order valence-electron chi connectivity index (χ4n) is 4.43. The van der Waals surface area contributed by atoms with Crippen LogP contribution >= 0.6 is 11.6 Å². The van der Waals surface area contributed by atoms with Gasteiger partial charge in [0.1, 0.15) is 5.02 Å². The highest BCUT2D eigenvalue weighted by molar-refractivity contribution is 6.32. The van der Waals surface area contributed by atoms with Gasteiger partial charge in [-0.2, -0.15) is 4.98 Å². The molecule has 1 atom stereocenters. The van der Waals surface area contributed by atoms with E-state index in [1.807, 2.05) is 18.2 Å². The summed E-state index contributed by atoms with van der Waals surface area (Å²) >= 11 is 6.42. The lowest BCUT2D eigenvalue weighted by molar-refractivity contribution is -0.124. The molecule has 1 aliphatic rings. The highest BCUT2D eigenvalue weighted by Crippen LogP contribution is 2.29. The molecule has 186 valence electrons. The van der Waals surface area contributed by atoms with Gasteiger partial charge in [0.05, 0.1) is 11.7 Å².